The van der Waals surface area contributed by atoms with E-state index in [2.05, 4.69) is 51.3 Å². The summed E-state index contributed by atoms with van der Waals surface area (Å²) in [7, 11) is -0.523. The molecule has 0 saturated carbocycles. The molecule has 31 heavy (non-hydrogen) atoms. The van der Waals surface area contributed by atoms with E-state index in [9.17, 15) is 4.79 Å². The molecule has 6 nitrogen and oxygen atoms in total. The van der Waals surface area contributed by atoms with Crippen LogP contribution < -0.4 is 5.32 Å². The molecule has 174 valence electrons. The number of allylic oxidation sites excluding steroid dienone is 1. The Bertz CT molecular complexity index is 708. The van der Waals surface area contributed by atoms with Crippen LogP contribution in [-0.2, 0) is 23.4 Å². The van der Waals surface area contributed by atoms with E-state index in [1.165, 1.54) is 7.11 Å². The van der Waals surface area contributed by atoms with Crippen LogP contribution in [0.25, 0.3) is 0 Å². The number of hydrogen-bond acceptors (Lipinski definition) is 6. The Labute approximate surface area is 188 Å². The van der Waals surface area contributed by atoms with Crippen molar-refractivity contribution in [2.45, 2.75) is 70.5 Å². The van der Waals surface area contributed by atoms with E-state index in [0.29, 0.717) is 26.2 Å². The zero-order chi connectivity index (χ0) is 22.9. The summed E-state index contributed by atoms with van der Waals surface area (Å²) in [5, 5.41) is 3.69. The number of methoxy groups -OCH3 is 1. The van der Waals surface area contributed by atoms with Crippen molar-refractivity contribution in [1.29, 1.82) is 0 Å². The van der Waals surface area contributed by atoms with Crippen molar-refractivity contribution < 1.29 is 23.4 Å². The number of rotatable bonds is 11. The predicted octanol–water partition coefficient (Wildman–Crippen LogP) is 4.94. The Morgan fingerprint density at radius 1 is 1.23 bits per heavy atom. The molecule has 0 amide bonds. The Kier molecular flexibility index (Phi) is 9.75. The first-order valence-corrected chi connectivity index (χ1v) is 14.0. The van der Waals surface area contributed by atoms with Gasteiger partial charge in [0.05, 0.1) is 33.0 Å². The number of hydrogen-bond donors (Lipinski definition) is 1. The van der Waals surface area contributed by atoms with Crippen molar-refractivity contribution in [2.24, 2.45) is 0 Å². The highest BCUT2D eigenvalue weighted by molar-refractivity contribution is 6.74. The van der Waals surface area contributed by atoms with Crippen molar-refractivity contribution in [2.75, 3.05) is 26.9 Å². The van der Waals surface area contributed by atoms with E-state index in [4.69, 9.17) is 18.6 Å². The number of ether oxygens (including phenoxy) is 3. The molecule has 0 spiro atoms. The third kappa shape index (κ3) is 8.41. The minimum absolute atomic E-state index is 0.0646. The van der Waals surface area contributed by atoms with E-state index in [0.717, 1.165) is 24.1 Å². The molecular formula is C24H39NO5Si. The van der Waals surface area contributed by atoms with Gasteiger partial charge in [-0.2, -0.15) is 0 Å². The standard InChI is InChI=1S/C24H39NO5Si/c1-24(2,3)31(5,6)30-18-21(19-11-8-7-9-12-19)25-20(17-22(26)27-4)13-10-14-23-28-15-16-29-23/h7-9,11-12,17,21,23,25H,10,13-16,18H2,1-6H3/b20-17-/t21-/m0/s1. The fraction of sp³-hybridized carbons (Fsp3) is 0.625. The number of esters is 1. The second-order valence-electron chi connectivity index (χ2n) is 9.44. The summed E-state index contributed by atoms with van der Waals surface area (Å²) in [6, 6.07) is 10.2. The molecule has 1 atom stereocenters. The zero-order valence-electron chi connectivity index (χ0n) is 19.9. The molecule has 7 heteroatoms. The Balaban J connectivity index is 2.12. The topological polar surface area (TPSA) is 66.0 Å². The lowest BCUT2D eigenvalue weighted by Gasteiger charge is -2.37. The van der Waals surface area contributed by atoms with Crippen LogP contribution >= 0.6 is 0 Å². The van der Waals surface area contributed by atoms with Gasteiger partial charge < -0.3 is 24.0 Å². The van der Waals surface area contributed by atoms with Gasteiger partial charge in [0.2, 0.25) is 0 Å². The number of carbonyl (C=O) groups is 1. The van der Waals surface area contributed by atoms with Crippen molar-refractivity contribution in [3.8, 4) is 0 Å². The largest absolute Gasteiger partial charge is 0.466 e. The van der Waals surface area contributed by atoms with E-state index in [-0.39, 0.29) is 23.3 Å². The van der Waals surface area contributed by atoms with Crippen molar-refractivity contribution >= 4 is 14.3 Å². The highest BCUT2D eigenvalue weighted by Gasteiger charge is 2.37. The fourth-order valence-corrected chi connectivity index (χ4v) is 4.08. The fourth-order valence-electron chi connectivity index (χ4n) is 3.06. The first kappa shape index (κ1) is 25.6. The third-order valence-electron chi connectivity index (χ3n) is 6.05. The lowest BCUT2D eigenvalue weighted by molar-refractivity contribution is -0.134. The highest BCUT2D eigenvalue weighted by Crippen LogP contribution is 2.37. The average Bonchev–Trinajstić information content (AvgIpc) is 3.24. The van der Waals surface area contributed by atoms with Crippen LogP contribution in [0.1, 0.15) is 51.6 Å². The number of nitrogens with one attached hydrogen (secondary N) is 1. The van der Waals surface area contributed by atoms with E-state index < -0.39 is 8.32 Å². The molecular weight excluding hydrogens is 410 g/mol. The van der Waals surface area contributed by atoms with Crippen LogP contribution in [0.3, 0.4) is 0 Å². The average molecular weight is 450 g/mol. The SMILES string of the molecule is COC(=O)/C=C(/CCCC1OCCO1)N[C@@H](CO[Si](C)(C)C(C)(C)C)c1ccccc1. The molecule has 1 aromatic rings. The van der Waals surface area contributed by atoms with Gasteiger partial charge in [0.25, 0.3) is 0 Å². The monoisotopic (exact) mass is 449 g/mol. The second kappa shape index (κ2) is 11.8. The first-order valence-electron chi connectivity index (χ1n) is 11.1. The van der Waals surface area contributed by atoms with Gasteiger partial charge in [0.15, 0.2) is 14.6 Å². The predicted molar refractivity (Wildman–Crippen MR) is 125 cm³/mol. The van der Waals surface area contributed by atoms with Gasteiger partial charge in [-0.25, -0.2) is 4.79 Å². The van der Waals surface area contributed by atoms with Crippen LogP contribution in [-0.4, -0.2) is 47.5 Å². The lowest BCUT2D eigenvalue weighted by atomic mass is 10.1. The normalized spacial score (nSPS) is 16.9. The molecule has 0 aromatic heterocycles. The minimum atomic E-state index is -1.92. The first-order chi connectivity index (χ1) is 14.6. The third-order valence-corrected chi connectivity index (χ3v) is 10.5. The summed E-state index contributed by atoms with van der Waals surface area (Å²) in [6.07, 6.45) is 3.72. The van der Waals surface area contributed by atoms with E-state index >= 15 is 0 Å². The van der Waals surface area contributed by atoms with Gasteiger partial charge >= 0.3 is 5.97 Å². The zero-order valence-corrected chi connectivity index (χ0v) is 20.9. The van der Waals surface area contributed by atoms with Crippen molar-refractivity contribution in [3.05, 3.63) is 47.7 Å². The van der Waals surface area contributed by atoms with Crippen LogP contribution in [0.2, 0.25) is 18.1 Å². The van der Waals surface area contributed by atoms with Gasteiger partial charge in [0.1, 0.15) is 0 Å². The molecule has 1 fully saturated rings. The van der Waals surface area contributed by atoms with Gasteiger partial charge in [-0.3, -0.25) is 0 Å². The molecule has 1 aliphatic heterocycles. The number of benzene rings is 1. The maximum absolute atomic E-state index is 12.0. The second-order valence-corrected chi connectivity index (χ2v) is 14.2. The van der Waals surface area contributed by atoms with Gasteiger partial charge in [-0.15, -0.1) is 0 Å². The molecule has 1 N–H and O–H groups in total. The molecule has 1 aliphatic rings. The molecule has 1 aromatic carbocycles. The van der Waals surface area contributed by atoms with Crippen molar-refractivity contribution in [1.82, 2.24) is 5.32 Å². The van der Waals surface area contributed by atoms with Crippen LogP contribution in [0, 0.1) is 0 Å². The molecule has 0 aliphatic carbocycles. The summed E-state index contributed by atoms with van der Waals surface area (Å²) in [4.78, 5) is 12.0. The molecule has 0 bridgehead atoms. The van der Waals surface area contributed by atoms with Crippen LogP contribution in [0.4, 0.5) is 0 Å². The highest BCUT2D eigenvalue weighted by atomic mass is 28.4. The maximum atomic E-state index is 12.0. The summed E-state index contributed by atoms with van der Waals surface area (Å²) in [5.41, 5.74) is 1.96. The molecule has 0 radical (unpaired) electrons. The summed E-state index contributed by atoms with van der Waals surface area (Å²) < 4.78 is 22.5. The summed E-state index contributed by atoms with van der Waals surface area (Å²) in [5.74, 6) is -0.368. The Morgan fingerprint density at radius 2 is 1.87 bits per heavy atom. The number of carbonyl (C=O) groups excluding carboxylic acids is 1. The smallest absolute Gasteiger partial charge is 0.332 e. The van der Waals surface area contributed by atoms with Crippen LogP contribution in [0.15, 0.2) is 42.1 Å². The van der Waals surface area contributed by atoms with E-state index in [1.807, 2.05) is 18.2 Å². The molecule has 0 unspecified atom stereocenters. The maximum Gasteiger partial charge on any atom is 0.332 e. The van der Waals surface area contributed by atoms with Gasteiger partial charge in [-0.1, -0.05) is 51.1 Å². The van der Waals surface area contributed by atoms with Crippen molar-refractivity contribution in [3.63, 3.8) is 0 Å². The Morgan fingerprint density at radius 3 is 2.45 bits per heavy atom. The lowest BCUT2D eigenvalue weighted by Crippen LogP contribution is -2.43. The molecule has 1 heterocycles. The summed E-state index contributed by atoms with van der Waals surface area (Å²) >= 11 is 0. The molecule has 1 saturated heterocycles. The van der Waals surface area contributed by atoms with Crippen LogP contribution in [0.5, 0.6) is 0 Å². The van der Waals surface area contributed by atoms with Gasteiger partial charge in [0, 0.05) is 11.8 Å². The quantitative estimate of drug-likeness (QED) is 0.293. The minimum Gasteiger partial charge on any atom is -0.466 e. The Hall–Kier alpha value is -1.67. The van der Waals surface area contributed by atoms with E-state index in [1.54, 1.807) is 6.08 Å². The molecule has 2 rings (SSSR count). The summed E-state index contributed by atoms with van der Waals surface area (Å²) in [6.45, 7) is 13.0. The van der Waals surface area contributed by atoms with Gasteiger partial charge in [-0.05, 0) is 43.0 Å².